The van der Waals surface area contributed by atoms with Crippen molar-refractivity contribution in [2.45, 2.75) is 23.9 Å². The maximum Gasteiger partial charge on any atom is 0.395 e. The Morgan fingerprint density at radius 1 is 1.31 bits per heavy atom. The molecule has 1 fully saturated rings. The van der Waals surface area contributed by atoms with Crippen molar-refractivity contribution in [3.8, 4) is 0 Å². The first-order valence-corrected chi connectivity index (χ1v) is 10.5. The van der Waals surface area contributed by atoms with Crippen molar-refractivity contribution in [3.63, 3.8) is 0 Å². The molecule has 13 heteroatoms. The molecule has 0 atom stereocenters. The molecule has 2 heterocycles. The summed E-state index contributed by atoms with van der Waals surface area (Å²) >= 11 is 2.81. The van der Waals surface area contributed by atoms with Crippen molar-refractivity contribution < 1.29 is 35.2 Å². The smallest absolute Gasteiger partial charge is 0.343 e. The monoisotopic (exact) mass is 501 g/mol. The predicted octanol–water partition coefficient (Wildman–Crippen LogP) is 3.83. The molecular weight excluding hydrogens is 489 g/mol. The highest BCUT2D eigenvalue weighted by atomic mass is 79.9. The molecule has 0 bridgehead atoms. The van der Waals surface area contributed by atoms with Gasteiger partial charge in [0, 0.05) is 19.4 Å². The number of halogens is 6. The summed E-state index contributed by atoms with van der Waals surface area (Å²) in [5, 5.41) is 2.08. The van der Waals surface area contributed by atoms with E-state index in [1.54, 1.807) is 0 Å². The normalized spacial score (nSPS) is 16.0. The molecular formula is C16H13BrF5N3O3S. The van der Waals surface area contributed by atoms with Crippen molar-refractivity contribution in [3.05, 3.63) is 40.4 Å². The largest absolute Gasteiger partial charge is 0.395 e. The van der Waals surface area contributed by atoms with E-state index in [0.29, 0.717) is 0 Å². The molecule has 0 unspecified atom stereocenters. The zero-order valence-electron chi connectivity index (χ0n) is 14.6. The summed E-state index contributed by atoms with van der Waals surface area (Å²) < 4.78 is 93.5. The number of hydrogen-bond acceptors (Lipinski definition) is 4. The van der Waals surface area contributed by atoms with Crippen molar-refractivity contribution in [2.75, 3.05) is 11.1 Å². The van der Waals surface area contributed by atoms with E-state index in [4.69, 9.17) is 0 Å². The Labute approximate surface area is 170 Å². The molecule has 0 aliphatic heterocycles. The van der Waals surface area contributed by atoms with Gasteiger partial charge >= 0.3 is 6.18 Å². The molecule has 1 aliphatic carbocycles. The second-order valence-corrected chi connectivity index (χ2v) is 9.43. The lowest BCUT2D eigenvalue weighted by Gasteiger charge is -2.18. The average molecular weight is 502 g/mol. The molecule has 158 valence electrons. The fourth-order valence-electron chi connectivity index (χ4n) is 2.84. The summed E-state index contributed by atoms with van der Waals surface area (Å²) in [6.07, 6.45) is -3.59. The Hall–Kier alpha value is -2.02. The lowest BCUT2D eigenvalue weighted by molar-refractivity contribution is -0.180. The van der Waals surface area contributed by atoms with Crippen molar-refractivity contribution >= 4 is 37.4 Å². The van der Waals surface area contributed by atoms with Crippen molar-refractivity contribution in [2.24, 2.45) is 12.5 Å². The minimum absolute atomic E-state index is 0.215. The number of aromatic nitrogens is 2. The number of nitrogens with one attached hydrogen (secondary N) is 1. The van der Waals surface area contributed by atoms with Gasteiger partial charge in [0.15, 0.2) is 21.5 Å². The number of carbonyl (C=O) groups is 1. The molecule has 1 saturated carbocycles. The Bertz CT molecular complexity index is 1090. The first-order chi connectivity index (χ1) is 13.3. The zero-order chi connectivity index (χ0) is 21.8. The third-order valence-corrected chi connectivity index (χ3v) is 7.09. The first kappa shape index (κ1) is 21.7. The molecule has 1 amide bonds. The maximum atomic E-state index is 14.8. The van der Waals surface area contributed by atoms with E-state index >= 15 is 0 Å². The molecule has 0 saturated heterocycles. The van der Waals surface area contributed by atoms with Gasteiger partial charge in [-0.3, -0.25) is 4.79 Å². The van der Waals surface area contributed by atoms with E-state index in [9.17, 15) is 35.2 Å². The molecule has 0 spiro atoms. The highest BCUT2D eigenvalue weighted by molar-refractivity contribution is 9.10. The van der Waals surface area contributed by atoms with Crippen LogP contribution in [0.3, 0.4) is 0 Å². The molecule has 29 heavy (non-hydrogen) atoms. The minimum Gasteiger partial charge on any atom is -0.343 e. The number of rotatable bonds is 5. The number of anilines is 1. The van der Waals surface area contributed by atoms with Crippen LogP contribution < -0.4 is 5.32 Å². The number of amides is 1. The topological polar surface area (TPSA) is 81.1 Å². The number of hydrogen-bond donors (Lipinski definition) is 1. The van der Waals surface area contributed by atoms with Gasteiger partial charge < -0.3 is 9.88 Å². The fraction of sp³-hybridized carbons (Fsp3) is 0.375. The third-order valence-electron chi connectivity index (χ3n) is 4.65. The highest BCUT2D eigenvalue weighted by Crippen LogP contribution is 2.58. The second kappa shape index (κ2) is 7.04. The van der Waals surface area contributed by atoms with Gasteiger partial charge in [-0.05, 0) is 34.8 Å². The van der Waals surface area contributed by atoms with Crippen LogP contribution in [0.25, 0.3) is 0 Å². The third kappa shape index (κ3) is 3.89. The number of nitrogens with zero attached hydrogens (tertiary/aromatic N) is 2. The van der Waals surface area contributed by atoms with Crippen LogP contribution in [-0.4, -0.2) is 35.8 Å². The van der Waals surface area contributed by atoms with Gasteiger partial charge in [-0.1, -0.05) is 0 Å². The number of sulfone groups is 1. The molecule has 0 aromatic carbocycles. The van der Waals surface area contributed by atoms with Gasteiger partial charge in [-0.25, -0.2) is 22.2 Å². The second-order valence-electron chi connectivity index (χ2n) is 6.72. The highest BCUT2D eigenvalue weighted by Gasteiger charge is 2.65. The Kier molecular flexibility index (Phi) is 5.27. The first-order valence-electron chi connectivity index (χ1n) is 8.05. The number of alkyl halides is 3. The van der Waals surface area contributed by atoms with Gasteiger partial charge in [0.05, 0.1) is 16.9 Å². The molecule has 0 radical (unpaired) electrons. The molecule has 2 aromatic rings. The minimum atomic E-state index is -4.74. The standard InChI is InChI=1S/C16H13BrF5N3O3S/c1-25-6-9(29(27,28)7-15(3-4-15)16(20,21)22)11(19)12(25)14(26)24-8-2-5-23-13(17)10(8)18/h2,5-6H,3-4,7H2,1H3,(H,23,24,26). The van der Waals surface area contributed by atoms with E-state index in [1.165, 1.54) is 0 Å². The summed E-state index contributed by atoms with van der Waals surface area (Å²) in [6.45, 7) is 0. The zero-order valence-corrected chi connectivity index (χ0v) is 17.1. The van der Waals surface area contributed by atoms with Crippen LogP contribution in [0.15, 0.2) is 28.0 Å². The van der Waals surface area contributed by atoms with Gasteiger partial charge in [-0.2, -0.15) is 13.2 Å². The van der Waals surface area contributed by atoms with Crippen molar-refractivity contribution in [1.82, 2.24) is 9.55 Å². The van der Waals surface area contributed by atoms with E-state index in [1.807, 2.05) is 0 Å². The van der Waals surface area contributed by atoms with Gasteiger partial charge in [0.1, 0.15) is 15.2 Å². The quantitative estimate of drug-likeness (QED) is 0.498. The Balaban J connectivity index is 1.92. The van der Waals surface area contributed by atoms with Crippen LogP contribution in [0.5, 0.6) is 0 Å². The lowest BCUT2D eigenvalue weighted by Crippen LogP contribution is -2.32. The number of carbonyl (C=O) groups excluding carboxylic acids is 1. The van der Waals surface area contributed by atoms with E-state index < -0.39 is 55.3 Å². The molecule has 3 rings (SSSR count). The molecule has 1 N–H and O–H groups in total. The fourth-order valence-corrected chi connectivity index (χ4v) is 5.20. The average Bonchev–Trinajstić information content (AvgIpc) is 3.30. The summed E-state index contributed by atoms with van der Waals surface area (Å²) in [4.78, 5) is 14.9. The van der Waals surface area contributed by atoms with Crippen molar-refractivity contribution in [1.29, 1.82) is 0 Å². The predicted molar refractivity (Wildman–Crippen MR) is 95.0 cm³/mol. The van der Waals surface area contributed by atoms with Gasteiger partial charge in [-0.15, -0.1) is 0 Å². The van der Waals surface area contributed by atoms with Crippen LogP contribution in [-0.2, 0) is 16.9 Å². The molecule has 2 aromatic heterocycles. The van der Waals surface area contributed by atoms with E-state index in [0.717, 1.165) is 30.1 Å². The van der Waals surface area contributed by atoms with Crippen LogP contribution >= 0.6 is 15.9 Å². The van der Waals surface area contributed by atoms with E-state index in [2.05, 4.69) is 26.2 Å². The molecule has 1 aliphatic rings. The SMILES string of the molecule is Cn1cc(S(=O)(=O)CC2(C(F)(F)F)CC2)c(F)c1C(=O)Nc1ccnc(Br)c1F. The van der Waals surface area contributed by atoms with Gasteiger partial charge in [0.2, 0.25) is 0 Å². The summed E-state index contributed by atoms with van der Waals surface area (Å²) in [5.74, 6) is -4.93. The lowest BCUT2D eigenvalue weighted by atomic mass is 10.1. The van der Waals surface area contributed by atoms with Crippen LogP contribution in [0.4, 0.5) is 27.6 Å². The van der Waals surface area contributed by atoms with Gasteiger partial charge in [0.25, 0.3) is 5.91 Å². The number of pyridine rings is 1. The summed E-state index contributed by atoms with van der Waals surface area (Å²) in [5.41, 5.74) is -3.52. The molecule has 6 nitrogen and oxygen atoms in total. The van der Waals surface area contributed by atoms with Crippen LogP contribution in [0, 0.1) is 17.0 Å². The van der Waals surface area contributed by atoms with E-state index in [-0.39, 0.29) is 23.1 Å². The summed E-state index contributed by atoms with van der Waals surface area (Å²) in [7, 11) is -3.53. The maximum absolute atomic E-state index is 14.8. The Morgan fingerprint density at radius 3 is 2.48 bits per heavy atom. The number of aryl methyl sites for hydroxylation is 1. The Morgan fingerprint density at radius 2 is 1.93 bits per heavy atom. The summed E-state index contributed by atoms with van der Waals surface area (Å²) in [6, 6.07) is 1.09. The van der Waals surface area contributed by atoms with Crippen LogP contribution in [0.1, 0.15) is 23.3 Å². The van der Waals surface area contributed by atoms with Crippen LogP contribution in [0.2, 0.25) is 0 Å².